The highest BCUT2D eigenvalue weighted by Gasteiger charge is 2.29. The number of hydrogen-bond donors (Lipinski definition) is 3. The van der Waals surface area contributed by atoms with Gasteiger partial charge in [0.2, 0.25) is 0 Å². The number of aromatic nitrogens is 2. The summed E-state index contributed by atoms with van der Waals surface area (Å²) < 4.78 is 2.37. The second kappa shape index (κ2) is 6.92. The first-order valence-corrected chi connectivity index (χ1v) is 9.64. The van der Waals surface area contributed by atoms with E-state index >= 15 is 0 Å². The molecule has 3 heterocycles. The Morgan fingerprint density at radius 2 is 2.00 bits per heavy atom. The predicted molar refractivity (Wildman–Crippen MR) is 106 cm³/mol. The van der Waals surface area contributed by atoms with E-state index in [4.69, 9.17) is 15.8 Å². The van der Waals surface area contributed by atoms with Gasteiger partial charge in [-0.05, 0) is 58.5 Å². The fraction of sp³-hybridized carbons (Fsp3) is 0.579. The van der Waals surface area contributed by atoms with Gasteiger partial charge in [-0.25, -0.2) is 9.78 Å². The number of nitrogen functional groups attached to an aromatic ring is 1. The summed E-state index contributed by atoms with van der Waals surface area (Å²) in [5, 5.41) is 11.6. The number of carboxylic acid groups (broad SMARTS) is 1. The zero-order valence-corrected chi connectivity index (χ0v) is 16.0. The molecule has 2 aliphatic heterocycles. The number of anilines is 2. The number of piperidine rings is 1. The van der Waals surface area contributed by atoms with E-state index in [0.717, 1.165) is 61.4 Å². The van der Waals surface area contributed by atoms with Gasteiger partial charge in [-0.15, -0.1) is 0 Å². The molecule has 1 unspecified atom stereocenters. The molecule has 0 spiro atoms. The minimum atomic E-state index is -0.976. The number of likely N-dealkylation sites (tertiary alicyclic amines) is 1. The smallest absolute Gasteiger partial charge is 0.404 e. The number of rotatable bonds is 3. The van der Waals surface area contributed by atoms with Crippen molar-refractivity contribution in [3.63, 3.8) is 0 Å². The molecule has 2 saturated heterocycles. The maximum Gasteiger partial charge on any atom is 0.404 e. The zero-order valence-electron chi connectivity index (χ0n) is 16.0. The van der Waals surface area contributed by atoms with Crippen molar-refractivity contribution in [1.29, 1.82) is 0 Å². The van der Waals surface area contributed by atoms with Crippen LogP contribution in [0.2, 0.25) is 0 Å². The van der Waals surface area contributed by atoms with Gasteiger partial charge >= 0.3 is 6.09 Å². The van der Waals surface area contributed by atoms with E-state index in [1.54, 1.807) is 0 Å². The first-order chi connectivity index (χ1) is 12.9. The highest BCUT2D eigenvalue weighted by atomic mass is 16.4. The number of amides is 1. The van der Waals surface area contributed by atoms with E-state index in [-0.39, 0.29) is 6.04 Å². The summed E-state index contributed by atoms with van der Waals surface area (Å²) in [6.07, 6.45) is 2.04. The van der Waals surface area contributed by atoms with Crippen LogP contribution in [-0.4, -0.2) is 64.9 Å². The van der Waals surface area contributed by atoms with E-state index in [2.05, 4.69) is 39.7 Å². The van der Waals surface area contributed by atoms with Gasteiger partial charge in [0.05, 0.1) is 22.9 Å². The molecule has 2 aliphatic rings. The molecule has 2 aromatic rings. The highest BCUT2D eigenvalue weighted by molar-refractivity contribution is 5.96. The number of fused-ring (bicyclic) bond motifs is 1. The number of carbonyl (C=O) groups is 1. The molecule has 0 bridgehead atoms. The second-order valence-electron chi connectivity index (χ2n) is 7.82. The normalized spacial score (nSPS) is 21.9. The Kier molecular flexibility index (Phi) is 4.59. The first-order valence-electron chi connectivity index (χ1n) is 9.64. The van der Waals surface area contributed by atoms with Gasteiger partial charge in [-0.2, -0.15) is 0 Å². The molecule has 0 saturated carbocycles. The average Bonchev–Trinajstić information content (AvgIpc) is 3.19. The van der Waals surface area contributed by atoms with E-state index in [1.807, 2.05) is 6.07 Å². The van der Waals surface area contributed by atoms with Gasteiger partial charge in [0, 0.05) is 19.1 Å². The van der Waals surface area contributed by atoms with Crippen molar-refractivity contribution in [2.24, 2.45) is 0 Å². The molecule has 146 valence electrons. The fourth-order valence-electron chi connectivity index (χ4n) is 4.58. The third-order valence-electron chi connectivity index (χ3n) is 5.93. The number of hydrogen-bond acceptors (Lipinski definition) is 5. The van der Waals surface area contributed by atoms with Gasteiger partial charge in [-0.1, -0.05) is 0 Å². The maximum absolute atomic E-state index is 11.0. The van der Waals surface area contributed by atoms with E-state index in [0.29, 0.717) is 18.3 Å². The Balaban J connectivity index is 1.69. The van der Waals surface area contributed by atoms with Crippen molar-refractivity contribution in [3.8, 4) is 0 Å². The maximum atomic E-state index is 11.0. The molecule has 4 rings (SSSR count). The molecular formula is C19H28N6O2. The summed E-state index contributed by atoms with van der Waals surface area (Å²) >= 11 is 0. The van der Waals surface area contributed by atoms with E-state index < -0.39 is 6.09 Å². The minimum absolute atomic E-state index is 0.0748. The van der Waals surface area contributed by atoms with Crippen molar-refractivity contribution < 1.29 is 9.90 Å². The van der Waals surface area contributed by atoms with Gasteiger partial charge in [0.1, 0.15) is 11.3 Å². The van der Waals surface area contributed by atoms with Crippen molar-refractivity contribution in [2.75, 3.05) is 43.9 Å². The summed E-state index contributed by atoms with van der Waals surface area (Å²) in [7, 11) is 2.17. The Hall–Kier alpha value is -2.48. The minimum Gasteiger partial charge on any atom is -0.465 e. The van der Waals surface area contributed by atoms with Gasteiger partial charge in [0.15, 0.2) is 0 Å². The quantitative estimate of drug-likeness (QED) is 0.713. The first kappa shape index (κ1) is 17.9. The third kappa shape index (κ3) is 3.29. The van der Waals surface area contributed by atoms with Crippen molar-refractivity contribution in [2.45, 2.75) is 38.3 Å². The third-order valence-corrected chi connectivity index (χ3v) is 5.93. The molecule has 1 aromatic carbocycles. The highest BCUT2D eigenvalue weighted by Crippen LogP contribution is 2.37. The Bertz CT molecular complexity index is 855. The summed E-state index contributed by atoms with van der Waals surface area (Å²) in [6.45, 7) is 5.65. The number of benzene rings is 1. The standard InChI is InChI=1S/C19H28N6O2/c1-12-21-17-16(25(12)14-6-8-23(2)9-7-14)4-3-15(20)18(17)24-10-5-13(11-24)22-19(26)27/h3-4,13-14,22H,5-11,20H2,1-2H3,(H,26,27). The molecule has 0 radical (unpaired) electrons. The molecule has 1 atom stereocenters. The van der Waals surface area contributed by atoms with E-state index in [9.17, 15) is 4.79 Å². The van der Waals surface area contributed by atoms with Gasteiger partial charge in [-0.3, -0.25) is 0 Å². The fourth-order valence-corrected chi connectivity index (χ4v) is 4.58. The van der Waals surface area contributed by atoms with Crippen LogP contribution in [0.25, 0.3) is 11.0 Å². The number of imidazole rings is 1. The molecule has 8 nitrogen and oxygen atoms in total. The molecule has 8 heteroatoms. The molecule has 4 N–H and O–H groups in total. The van der Waals surface area contributed by atoms with Crippen LogP contribution >= 0.6 is 0 Å². The van der Waals surface area contributed by atoms with Crippen molar-refractivity contribution in [3.05, 3.63) is 18.0 Å². The number of nitrogens with two attached hydrogens (primary N) is 1. The van der Waals surface area contributed by atoms with Gasteiger partial charge in [0.25, 0.3) is 0 Å². The lowest BCUT2D eigenvalue weighted by atomic mass is 10.0. The zero-order chi connectivity index (χ0) is 19.1. The monoisotopic (exact) mass is 372 g/mol. The Morgan fingerprint density at radius 3 is 2.70 bits per heavy atom. The molecule has 0 aliphatic carbocycles. The van der Waals surface area contributed by atoms with E-state index in [1.165, 1.54) is 0 Å². The van der Waals surface area contributed by atoms with Crippen LogP contribution in [0.15, 0.2) is 12.1 Å². The molecule has 27 heavy (non-hydrogen) atoms. The summed E-state index contributed by atoms with van der Waals surface area (Å²) in [5.74, 6) is 1.02. The second-order valence-corrected chi connectivity index (χ2v) is 7.82. The van der Waals surface area contributed by atoms with Crippen LogP contribution in [0.3, 0.4) is 0 Å². The van der Waals surface area contributed by atoms with Crippen LogP contribution < -0.4 is 16.0 Å². The van der Waals surface area contributed by atoms with Crippen LogP contribution in [0.1, 0.15) is 31.1 Å². The van der Waals surface area contributed by atoms with Crippen molar-refractivity contribution >= 4 is 28.5 Å². The average molecular weight is 372 g/mol. The summed E-state index contributed by atoms with van der Waals surface area (Å²) in [4.78, 5) is 20.4. The van der Waals surface area contributed by atoms with Crippen LogP contribution in [0.5, 0.6) is 0 Å². The SMILES string of the molecule is Cc1nc2c(N3CCC(NC(=O)O)C3)c(N)ccc2n1C1CCN(C)CC1. The van der Waals surface area contributed by atoms with Gasteiger partial charge < -0.3 is 30.5 Å². The Morgan fingerprint density at radius 1 is 1.26 bits per heavy atom. The number of aryl methyl sites for hydroxylation is 1. The van der Waals surface area contributed by atoms with Crippen LogP contribution in [-0.2, 0) is 0 Å². The lowest BCUT2D eigenvalue weighted by Gasteiger charge is -2.31. The summed E-state index contributed by atoms with van der Waals surface area (Å²) in [6, 6.07) is 4.43. The lowest BCUT2D eigenvalue weighted by Crippen LogP contribution is -2.36. The topological polar surface area (TPSA) is 99.6 Å². The molecule has 2 fully saturated rings. The molecule has 1 amide bonds. The predicted octanol–water partition coefficient (Wildman–Crippen LogP) is 2.04. The molecule has 1 aromatic heterocycles. The summed E-state index contributed by atoms with van der Waals surface area (Å²) in [5.41, 5.74) is 10.0. The van der Waals surface area contributed by atoms with Crippen molar-refractivity contribution in [1.82, 2.24) is 19.8 Å². The van der Waals surface area contributed by atoms with Crippen LogP contribution in [0, 0.1) is 6.92 Å². The number of nitrogens with zero attached hydrogens (tertiary/aromatic N) is 4. The number of nitrogens with one attached hydrogen (secondary N) is 1. The van der Waals surface area contributed by atoms with Crippen LogP contribution in [0.4, 0.5) is 16.2 Å². The largest absolute Gasteiger partial charge is 0.465 e. The lowest BCUT2D eigenvalue weighted by molar-refractivity contribution is 0.191. The Labute approximate surface area is 158 Å². The molecular weight excluding hydrogens is 344 g/mol.